The van der Waals surface area contributed by atoms with Gasteiger partial charge in [-0.1, -0.05) is 12.8 Å². The molecule has 0 amide bonds. The topological polar surface area (TPSA) is 100 Å². The van der Waals surface area contributed by atoms with Crippen LogP contribution >= 0.6 is 11.3 Å². The van der Waals surface area contributed by atoms with E-state index >= 15 is 0 Å². The molecule has 6 nitrogen and oxygen atoms in total. The maximum absolute atomic E-state index is 13.1. The molecule has 3 aromatic heterocycles. The summed E-state index contributed by atoms with van der Waals surface area (Å²) in [5.41, 5.74) is 4.79. The average Bonchev–Trinajstić information content (AvgIpc) is 3.29. The lowest BCUT2D eigenvalue weighted by Gasteiger charge is -2.28. The summed E-state index contributed by atoms with van der Waals surface area (Å²) in [6, 6.07) is 1.54. The van der Waals surface area contributed by atoms with Gasteiger partial charge in [-0.2, -0.15) is 18.3 Å². The van der Waals surface area contributed by atoms with Crippen LogP contribution < -0.4 is 11.3 Å². The van der Waals surface area contributed by atoms with Crippen molar-refractivity contribution < 1.29 is 13.2 Å². The average molecular weight is 411 g/mol. The smallest absolute Gasteiger partial charge is 0.330 e. The second-order valence-electron chi connectivity index (χ2n) is 7.24. The van der Waals surface area contributed by atoms with Gasteiger partial charge >= 0.3 is 6.18 Å². The van der Waals surface area contributed by atoms with E-state index in [1.807, 2.05) is 5.10 Å². The molecule has 28 heavy (non-hydrogen) atoms. The van der Waals surface area contributed by atoms with Crippen molar-refractivity contribution in [3.05, 3.63) is 34.1 Å². The lowest BCUT2D eigenvalue weighted by atomic mass is 9.79. The molecule has 2 atom stereocenters. The van der Waals surface area contributed by atoms with Crippen molar-refractivity contribution in [3.63, 3.8) is 0 Å². The fraction of sp³-hybridized carbons (Fsp3) is 0.500. The van der Waals surface area contributed by atoms with Crippen molar-refractivity contribution in [2.24, 2.45) is 11.7 Å². The van der Waals surface area contributed by atoms with E-state index in [0.29, 0.717) is 33.4 Å². The number of nitrogens with one attached hydrogen (secondary N) is 2. The van der Waals surface area contributed by atoms with Crippen LogP contribution in [-0.4, -0.2) is 26.7 Å². The Labute approximate surface area is 162 Å². The minimum atomic E-state index is -4.55. The molecule has 150 valence electrons. The Kier molecular flexibility index (Phi) is 5.00. The van der Waals surface area contributed by atoms with Crippen LogP contribution in [0.25, 0.3) is 20.7 Å². The SMILES string of the molecule is NCCC1CCCC(c2nc3cc(-c4cn[nH]c4C(F)(F)F)sc3c(=O)[nH]2)C1. The molecule has 3 aromatic rings. The highest BCUT2D eigenvalue weighted by atomic mass is 32.1. The van der Waals surface area contributed by atoms with Crippen LogP contribution in [0, 0.1) is 5.92 Å². The van der Waals surface area contributed by atoms with Gasteiger partial charge in [0.25, 0.3) is 5.56 Å². The Balaban J connectivity index is 1.71. The molecule has 4 N–H and O–H groups in total. The zero-order valence-electron chi connectivity index (χ0n) is 15.0. The van der Waals surface area contributed by atoms with Crippen LogP contribution in [0.3, 0.4) is 0 Å². The normalized spacial score (nSPS) is 20.7. The summed E-state index contributed by atoms with van der Waals surface area (Å²) in [5, 5.41) is 5.52. The lowest BCUT2D eigenvalue weighted by Crippen LogP contribution is -2.21. The molecule has 0 radical (unpaired) electrons. The van der Waals surface area contributed by atoms with Gasteiger partial charge in [-0.15, -0.1) is 11.3 Å². The number of alkyl halides is 3. The summed E-state index contributed by atoms with van der Waals surface area (Å²) < 4.78 is 39.8. The molecule has 0 aromatic carbocycles. The van der Waals surface area contributed by atoms with Crippen LogP contribution in [0.4, 0.5) is 13.2 Å². The van der Waals surface area contributed by atoms with Gasteiger partial charge in [0, 0.05) is 16.4 Å². The van der Waals surface area contributed by atoms with Crippen LogP contribution in [0.15, 0.2) is 17.1 Å². The fourth-order valence-electron chi connectivity index (χ4n) is 4.01. The van der Waals surface area contributed by atoms with E-state index in [9.17, 15) is 18.0 Å². The number of thiophene rings is 1. The Hall–Kier alpha value is -2.20. The maximum Gasteiger partial charge on any atom is 0.433 e. The van der Waals surface area contributed by atoms with E-state index in [-0.39, 0.29) is 17.0 Å². The highest BCUT2D eigenvalue weighted by Crippen LogP contribution is 2.40. The zero-order chi connectivity index (χ0) is 19.9. The van der Waals surface area contributed by atoms with E-state index in [2.05, 4.69) is 15.1 Å². The first-order valence-corrected chi connectivity index (χ1v) is 10.0. The lowest BCUT2D eigenvalue weighted by molar-refractivity contribution is -0.140. The quantitative estimate of drug-likeness (QED) is 0.604. The minimum Gasteiger partial charge on any atom is -0.330 e. The predicted octanol–water partition coefficient (Wildman–Crippen LogP) is 4.02. The van der Waals surface area contributed by atoms with Crippen molar-refractivity contribution in [2.45, 2.75) is 44.2 Å². The van der Waals surface area contributed by atoms with Crippen molar-refractivity contribution in [1.82, 2.24) is 20.2 Å². The van der Waals surface area contributed by atoms with E-state index < -0.39 is 11.9 Å². The number of aromatic amines is 2. The number of halogens is 3. The van der Waals surface area contributed by atoms with Gasteiger partial charge in [-0.05, 0) is 37.8 Å². The fourth-order valence-corrected chi connectivity index (χ4v) is 5.02. The third-order valence-electron chi connectivity index (χ3n) is 5.33. The zero-order valence-corrected chi connectivity index (χ0v) is 15.8. The molecular weight excluding hydrogens is 391 g/mol. The van der Waals surface area contributed by atoms with Crippen molar-refractivity contribution in [3.8, 4) is 10.4 Å². The third-order valence-corrected chi connectivity index (χ3v) is 6.49. The molecule has 2 unspecified atom stereocenters. The van der Waals surface area contributed by atoms with Gasteiger partial charge in [-0.3, -0.25) is 9.89 Å². The highest BCUT2D eigenvalue weighted by Gasteiger charge is 2.36. The van der Waals surface area contributed by atoms with Crippen LogP contribution in [0.1, 0.15) is 49.5 Å². The molecule has 0 saturated heterocycles. The minimum absolute atomic E-state index is 0.0721. The number of fused-ring (bicyclic) bond motifs is 1. The summed E-state index contributed by atoms with van der Waals surface area (Å²) >= 11 is 0.993. The largest absolute Gasteiger partial charge is 0.433 e. The van der Waals surface area contributed by atoms with Crippen LogP contribution in [0.5, 0.6) is 0 Å². The molecule has 10 heteroatoms. The Morgan fingerprint density at radius 2 is 2.14 bits per heavy atom. The number of aromatic nitrogens is 4. The second kappa shape index (κ2) is 7.32. The maximum atomic E-state index is 13.1. The second-order valence-corrected chi connectivity index (χ2v) is 8.29. The van der Waals surface area contributed by atoms with Crippen molar-refractivity contribution >= 4 is 21.6 Å². The molecule has 0 bridgehead atoms. The van der Waals surface area contributed by atoms with Gasteiger partial charge < -0.3 is 10.7 Å². The number of nitrogens with two attached hydrogens (primary N) is 1. The molecule has 3 heterocycles. The first-order valence-electron chi connectivity index (χ1n) is 9.21. The van der Waals surface area contributed by atoms with Gasteiger partial charge in [0.1, 0.15) is 16.2 Å². The predicted molar refractivity (Wildman–Crippen MR) is 101 cm³/mol. The molecule has 1 fully saturated rings. The van der Waals surface area contributed by atoms with E-state index in [1.54, 1.807) is 6.07 Å². The number of nitrogens with zero attached hydrogens (tertiary/aromatic N) is 2. The molecule has 1 aliphatic carbocycles. The Morgan fingerprint density at radius 3 is 2.89 bits per heavy atom. The summed E-state index contributed by atoms with van der Waals surface area (Å²) in [6.07, 6.45) is 1.56. The number of rotatable bonds is 4. The Bertz CT molecular complexity index is 1040. The first kappa shape index (κ1) is 19.1. The first-order chi connectivity index (χ1) is 13.4. The summed E-state index contributed by atoms with van der Waals surface area (Å²) in [5.74, 6) is 1.28. The van der Waals surface area contributed by atoms with Crippen LogP contribution in [0.2, 0.25) is 0 Å². The third kappa shape index (κ3) is 3.58. The number of hydrogen-bond acceptors (Lipinski definition) is 5. The molecule has 0 spiro atoms. The number of H-pyrrole nitrogens is 2. The van der Waals surface area contributed by atoms with Gasteiger partial charge in [-0.25, -0.2) is 4.98 Å². The highest BCUT2D eigenvalue weighted by molar-refractivity contribution is 7.22. The summed E-state index contributed by atoms with van der Waals surface area (Å²) in [7, 11) is 0. The van der Waals surface area contributed by atoms with Gasteiger partial charge in [0.05, 0.1) is 11.7 Å². The van der Waals surface area contributed by atoms with E-state index in [4.69, 9.17) is 5.73 Å². The van der Waals surface area contributed by atoms with E-state index in [1.165, 1.54) is 0 Å². The van der Waals surface area contributed by atoms with Crippen LogP contribution in [-0.2, 0) is 6.18 Å². The molecule has 4 rings (SSSR count). The summed E-state index contributed by atoms with van der Waals surface area (Å²) in [6.45, 7) is 0.639. The molecule has 1 saturated carbocycles. The Morgan fingerprint density at radius 1 is 1.32 bits per heavy atom. The van der Waals surface area contributed by atoms with Crippen molar-refractivity contribution in [2.75, 3.05) is 6.54 Å². The monoisotopic (exact) mass is 411 g/mol. The van der Waals surface area contributed by atoms with Crippen molar-refractivity contribution in [1.29, 1.82) is 0 Å². The molecule has 0 aliphatic heterocycles. The molecular formula is C18H20F3N5OS. The van der Waals surface area contributed by atoms with Gasteiger partial charge in [0.15, 0.2) is 0 Å². The molecule has 1 aliphatic rings. The number of hydrogen-bond donors (Lipinski definition) is 3. The standard InChI is InChI=1S/C18H20F3N5OS/c19-18(20,21)15-11(8-23-26-15)13-7-12-14(28-13)17(27)25-16(24-12)10-3-1-2-9(6-10)4-5-22/h7-10H,1-6,22H2,(H,23,26)(H,24,25,27). The van der Waals surface area contributed by atoms with Gasteiger partial charge in [0.2, 0.25) is 0 Å². The summed E-state index contributed by atoms with van der Waals surface area (Å²) in [4.78, 5) is 20.3. The van der Waals surface area contributed by atoms with E-state index in [0.717, 1.165) is 49.6 Å².